The highest BCUT2D eigenvalue weighted by Gasteiger charge is 2.45. The second-order valence-corrected chi connectivity index (χ2v) is 4.35. The van der Waals surface area contributed by atoms with Crippen molar-refractivity contribution in [2.75, 3.05) is 0 Å². The van der Waals surface area contributed by atoms with Crippen molar-refractivity contribution in [2.45, 2.75) is 32.0 Å². The standard InChI is InChI=1S/C12H13ClO3/c1-2-3-7-12(15)10-8(11(14)16-12)5-4-6-9(10)13/h4-6,15H,2-3,7H2,1H3. The van der Waals surface area contributed by atoms with Gasteiger partial charge in [-0.05, 0) is 18.6 Å². The van der Waals surface area contributed by atoms with Crippen molar-refractivity contribution in [3.8, 4) is 0 Å². The van der Waals surface area contributed by atoms with Crippen LogP contribution in [0.1, 0.15) is 42.1 Å². The van der Waals surface area contributed by atoms with Crippen molar-refractivity contribution < 1.29 is 14.6 Å². The van der Waals surface area contributed by atoms with Crippen molar-refractivity contribution in [1.29, 1.82) is 0 Å². The minimum atomic E-state index is -1.54. The number of hydrogen-bond acceptors (Lipinski definition) is 3. The molecule has 1 atom stereocenters. The number of benzene rings is 1. The number of fused-ring (bicyclic) bond motifs is 1. The highest BCUT2D eigenvalue weighted by molar-refractivity contribution is 6.32. The van der Waals surface area contributed by atoms with E-state index >= 15 is 0 Å². The Labute approximate surface area is 99.0 Å². The van der Waals surface area contributed by atoms with Gasteiger partial charge in [0.25, 0.3) is 0 Å². The molecule has 4 heteroatoms. The number of cyclic esters (lactones) is 1. The summed E-state index contributed by atoms with van der Waals surface area (Å²) in [6, 6.07) is 4.95. The monoisotopic (exact) mass is 240 g/mol. The molecule has 1 N–H and O–H groups in total. The quantitative estimate of drug-likeness (QED) is 0.827. The molecule has 0 bridgehead atoms. The number of rotatable bonds is 3. The maximum Gasteiger partial charge on any atom is 0.341 e. The molecule has 1 aliphatic rings. The van der Waals surface area contributed by atoms with Gasteiger partial charge in [-0.25, -0.2) is 4.79 Å². The van der Waals surface area contributed by atoms with E-state index in [9.17, 15) is 9.90 Å². The van der Waals surface area contributed by atoms with Gasteiger partial charge in [0, 0.05) is 6.42 Å². The SMILES string of the molecule is CCCCC1(O)OC(=O)c2cccc(Cl)c21. The topological polar surface area (TPSA) is 46.5 Å². The van der Waals surface area contributed by atoms with Gasteiger partial charge in [0.15, 0.2) is 0 Å². The summed E-state index contributed by atoms with van der Waals surface area (Å²) in [5.74, 6) is -2.04. The summed E-state index contributed by atoms with van der Waals surface area (Å²) in [5.41, 5.74) is 0.779. The summed E-state index contributed by atoms with van der Waals surface area (Å²) in [4.78, 5) is 11.6. The zero-order chi connectivity index (χ0) is 11.8. The number of aliphatic hydroxyl groups is 1. The first-order valence-corrected chi connectivity index (χ1v) is 5.71. The third-order valence-corrected chi connectivity index (χ3v) is 3.07. The van der Waals surface area contributed by atoms with E-state index in [0.29, 0.717) is 22.6 Å². The molecule has 0 amide bonds. The average Bonchev–Trinajstić information content (AvgIpc) is 2.50. The molecule has 1 unspecified atom stereocenters. The summed E-state index contributed by atoms with van der Waals surface area (Å²) in [6.45, 7) is 2.01. The summed E-state index contributed by atoms with van der Waals surface area (Å²) < 4.78 is 5.03. The fourth-order valence-electron chi connectivity index (χ4n) is 1.94. The first-order chi connectivity index (χ1) is 7.58. The van der Waals surface area contributed by atoms with Crippen LogP contribution in [-0.4, -0.2) is 11.1 Å². The number of hydrogen-bond donors (Lipinski definition) is 1. The number of carbonyl (C=O) groups excluding carboxylic acids is 1. The van der Waals surface area contributed by atoms with Gasteiger partial charge in [-0.15, -0.1) is 0 Å². The Kier molecular flexibility index (Phi) is 2.91. The van der Waals surface area contributed by atoms with Crippen molar-refractivity contribution >= 4 is 17.6 Å². The zero-order valence-electron chi connectivity index (χ0n) is 9.00. The lowest BCUT2D eigenvalue weighted by atomic mass is 9.98. The van der Waals surface area contributed by atoms with E-state index in [-0.39, 0.29) is 0 Å². The molecular formula is C12H13ClO3. The van der Waals surface area contributed by atoms with Crippen LogP contribution in [0, 0.1) is 0 Å². The maximum absolute atomic E-state index is 11.6. The highest BCUT2D eigenvalue weighted by atomic mass is 35.5. The van der Waals surface area contributed by atoms with Gasteiger partial charge in [0.1, 0.15) is 0 Å². The van der Waals surface area contributed by atoms with E-state index in [4.69, 9.17) is 16.3 Å². The Hall–Kier alpha value is -1.06. The Morgan fingerprint density at radius 3 is 2.94 bits per heavy atom. The fraction of sp³-hybridized carbons (Fsp3) is 0.417. The van der Waals surface area contributed by atoms with E-state index in [1.807, 2.05) is 6.92 Å². The van der Waals surface area contributed by atoms with Gasteiger partial charge in [-0.2, -0.15) is 0 Å². The number of halogens is 1. The third-order valence-electron chi connectivity index (χ3n) is 2.75. The van der Waals surface area contributed by atoms with Crippen molar-refractivity contribution in [1.82, 2.24) is 0 Å². The normalized spacial score (nSPS) is 23.1. The molecule has 0 spiro atoms. The number of unbranched alkanes of at least 4 members (excludes halogenated alkanes) is 1. The number of carbonyl (C=O) groups is 1. The Morgan fingerprint density at radius 1 is 1.50 bits per heavy atom. The molecule has 1 aliphatic heterocycles. The molecule has 0 aromatic heterocycles. The van der Waals surface area contributed by atoms with Gasteiger partial charge in [-0.3, -0.25) is 0 Å². The summed E-state index contributed by atoms with van der Waals surface area (Å²) in [7, 11) is 0. The van der Waals surface area contributed by atoms with Gasteiger partial charge >= 0.3 is 5.97 Å². The third kappa shape index (κ3) is 1.70. The van der Waals surface area contributed by atoms with E-state index in [2.05, 4.69) is 0 Å². The Balaban J connectivity index is 2.44. The van der Waals surface area contributed by atoms with Gasteiger partial charge in [0.2, 0.25) is 5.79 Å². The van der Waals surface area contributed by atoms with Crippen LogP contribution in [-0.2, 0) is 10.5 Å². The predicted molar refractivity (Wildman–Crippen MR) is 60.3 cm³/mol. The van der Waals surface area contributed by atoms with Crippen LogP contribution >= 0.6 is 11.6 Å². The molecule has 1 aromatic carbocycles. The Morgan fingerprint density at radius 2 is 2.25 bits per heavy atom. The largest absolute Gasteiger partial charge is 0.425 e. The van der Waals surface area contributed by atoms with Crippen LogP contribution in [0.2, 0.25) is 5.02 Å². The van der Waals surface area contributed by atoms with E-state index < -0.39 is 11.8 Å². The van der Waals surface area contributed by atoms with Crippen LogP contribution in [0.15, 0.2) is 18.2 Å². The van der Waals surface area contributed by atoms with Crippen molar-refractivity contribution in [2.24, 2.45) is 0 Å². The van der Waals surface area contributed by atoms with E-state index in [0.717, 1.165) is 12.8 Å². The van der Waals surface area contributed by atoms with Crippen LogP contribution in [0.25, 0.3) is 0 Å². The van der Waals surface area contributed by atoms with Gasteiger partial charge < -0.3 is 9.84 Å². The van der Waals surface area contributed by atoms with Crippen molar-refractivity contribution in [3.05, 3.63) is 34.3 Å². The minimum Gasteiger partial charge on any atom is -0.425 e. The molecule has 0 aliphatic carbocycles. The van der Waals surface area contributed by atoms with Gasteiger partial charge in [0.05, 0.1) is 16.1 Å². The smallest absolute Gasteiger partial charge is 0.341 e. The minimum absolute atomic E-state index is 0.367. The van der Waals surface area contributed by atoms with Crippen LogP contribution in [0.3, 0.4) is 0 Å². The van der Waals surface area contributed by atoms with Crippen LogP contribution in [0.5, 0.6) is 0 Å². The van der Waals surface area contributed by atoms with E-state index in [1.54, 1.807) is 18.2 Å². The molecule has 1 heterocycles. The molecule has 86 valence electrons. The second kappa shape index (κ2) is 4.07. The molecular weight excluding hydrogens is 228 g/mol. The summed E-state index contributed by atoms with van der Waals surface area (Å²) in [5, 5.41) is 10.7. The first kappa shape index (κ1) is 11.4. The van der Waals surface area contributed by atoms with E-state index in [1.165, 1.54) is 0 Å². The fourth-order valence-corrected chi connectivity index (χ4v) is 2.27. The summed E-state index contributed by atoms with van der Waals surface area (Å²) >= 11 is 6.01. The van der Waals surface area contributed by atoms with Crippen molar-refractivity contribution in [3.63, 3.8) is 0 Å². The number of esters is 1. The lowest BCUT2D eigenvalue weighted by Gasteiger charge is -2.22. The molecule has 0 fully saturated rings. The lowest BCUT2D eigenvalue weighted by Crippen LogP contribution is -2.25. The zero-order valence-corrected chi connectivity index (χ0v) is 9.75. The highest BCUT2D eigenvalue weighted by Crippen LogP contribution is 2.41. The molecule has 1 aromatic rings. The maximum atomic E-state index is 11.6. The lowest BCUT2D eigenvalue weighted by molar-refractivity contribution is -0.168. The van der Waals surface area contributed by atoms with Crippen LogP contribution in [0.4, 0.5) is 0 Å². The van der Waals surface area contributed by atoms with Gasteiger partial charge in [-0.1, -0.05) is 31.0 Å². The molecule has 0 saturated carbocycles. The number of ether oxygens (including phenoxy) is 1. The van der Waals surface area contributed by atoms with Crippen LogP contribution < -0.4 is 0 Å². The first-order valence-electron chi connectivity index (χ1n) is 5.33. The molecule has 0 saturated heterocycles. The average molecular weight is 241 g/mol. The molecule has 3 nitrogen and oxygen atoms in total. The second-order valence-electron chi connectivity index (χ2n) is 3.94. The molecule has 0 radical (unpaired) electrons. The summed E-state index contributed by atoms with van der Waals surface area (Å²) in [6.07, 6.45) is 2.07. The molecule has 16 heavy (non-hydrogen) atoms. The predicted octanol–water partition coefficient (Wildman–Crippen LogP) is 2.85. The Bertz CT molecular complexity index is 430. The molecule has 2 rings (SSSR count).